The molecule has 2 amide bonds. The standard InChI is InChI=1S/C36H71N3O4S/c1-5-7-9-11-13-15-17-19-21-23-25-27-29-37-35(41)33(38-36(42)44-31-30-39(3)4)32-43-34(40)28-26-24-22-20-18-16-14-12-10-8-6-2/h33H,5-32H2,1-4H3,(H,37,41)(H,38,42)/t33-/m0/s1. The van der Waals surface area contributed by atoms with Gasteiger partial charge in [-0.1, -0.05) is 160 Å². The molecule has 7 nitrogen and oxygen atoms in total. The summed E-state index contributed by atoms with van der Waals surface area (Å²) in [6.07, 6.45) is 29.0. The molecule has 0 rings (SSSR count). The van der Waals surface area contributed by atoms with Crippen LogP contribution >= 0.6 is 11.8 Å². The van der Waals surface area contributed by atoms with Crippen molar-refractivity contribution >= 4 is 28.9 Å². The van der Waals surface area contributed by atoms with E-state index in [1.807, 2.05) is 19.0 Å². The summed E-state index contributed by atoms with van der Waals surface area (Å²) >= 11 is 1.15. The van der Waals surface area contributed by atoms with E-state index in [2.05, 4.69) is 24.5 Å². The quantitative estimate of drug-likeness (QED) is 0.0562. The highest BCUT2D eigenvalue weighted by atomic mass is 32.2. The number of hydrogen-bond donors (Lipinski definition) is 2. The zero-order valence-corrected chi connectivity index (χ0v) is 30.2. The summed E-state index contributed by atoms with van der Waals surface area (Å²) in [5.41, 5.74) is 0. The van der Waals surface area contributed by atoms with Crippen LogP contribution in [-0.2, 0) is 14.3 Å². The molecule has 0 radical (unpaired) electrons. The van der Waals surface area contributed by atoms with Crippen molar-refractivity contribution in [2.45, 2.75) is 174 Å². The van der Waals surface area contributed by atoms with Crippen LogP contribution in [0.3, 0.4) is 0 Å². The van der Waals surface area contributed by atoms with E-state index in [1.165, 1.54) is 116 Å². The topological polar surface area (TPSA) is 87.7 Å². The minimum absolute atomic E-state index is 0.124. The van der Waals surface area contributed by atoms with Crippen LogP contribution in [0.2, 0.25) is 0 Å². The van der Waals surface area contributed by atoms with Crippen LogP contribution in [0.1, 0.15) is 168 Å². The smallest absolute Gasteiger partial charge is 0.305 e. The van der Waals surface area contributed by atoms with Crippen LogP contribution < -0.4 is 10.6 Å². The maximum atomic E-state index is 12.9. The van der Waals surface area contributed by atoms with Crippen molar-refractivity contribution in [3.8, 4) is 0 Å². The monoisotopic (exact) mass is 642 g/mol. The Bertz CT molecular complexity index is 678. The summed E-state index contributed by atoms with van der Waals surface area (Å²) in [7, 11) is 3.92. The van der Waals surface area contributed by atoms with Gasteiger partial charge in [-0.25, -0.2) is 0 Å². The molecule has 0 aromatic heterocycles. The normalized spacial score (nSPS) is 11.9. The summed E-state index contributed by atoms with van der Waals surface area (Å²) in [6.45, 7) is 5.72. The molecule has 44 heavy (non-hydrogen) atoms. The largest absolute Gasteiger partial charge is 0.463 e. The van der Waals surface area contributed by atoms with Gasteiger partial charge in [-0.2, -0.15) is 0 Å². The Morgan fingerprint density at radius 1 is 0.636 bits per heavy atom. The molecule has 0 bridgehead atoms. The van der Waals surface area contributed by atoms with E-state index in [-0.39, 0.29) is 23.7 Å². The van der Waals surface area contributed by atoms with Gasteiger partial charge in [0.15, 0.2) is 0 Å². The Hall–Kier alpha value is -1.28. The first-order valence-corrected chi connectivity index (χ1v) is 19.4. The fourth-order valence-corrected chi connectivity index (χ4v) is 6.04. The molecular weight excluding hydrogens is 570 g/mol. The fourth-order valence-electron chi connectivity index (χ4n) is 5.17. The highest BCUT2D eigenvalue weighted by Gasteiger charge is 2.22. The summed E-state index contributed by atoms with van der Waals surface area (Å²) < 4.78 is 5.45. The molecule has 0 aromatic rings. The van der Waals surface area contributed by atoms with Crippen LogP contribution in [0.15, 0.2) is 0 Å². The first-order chi connectivity index (χ1) is 21.4. The maximum absolute atomic E-state index is 12.9. The van der Waals surface area contributed by atoms with Crippen LogP contribution in [0, 0.1) is 0 Å². The Labute approximate surface area is 276 Å². The predicted molar refractivity (Wildman–Crippen MR) is 189 cm³/mol. The molecule has 0 spiro atoms. The number of nitrogens with zero attached hydrogens (tertiary/aromatic N) is 1. The van der Waals surface area contributed by atoms with Gasteiger partial charge in [0.2, 0.25) is 5.91 Å². The lowest BCUT2D eigenvalue weighted by Crippen LogP contribution is -2.49. The van der Waals surface area contributed by atoms with Gasteiger partial charge in [-0.15, -0.1) is 0 Å². The highest BCUT2D eigenvalue weighted by Crippen LogP contribution is 2.13. The molecule has 0 heterocycles. The van der Waals surface area contributed by atoms with Gasteiger partial charge < -0.3 is 20.3 Å². The number of thioether (sulfide) groups is 1. The van der Waals surface area contributed by atoms with Gasteiger partial charge in [-0.05, 0) is 26.9 Å². The molecule has 2 N–H and O–H groups in total. The number of nitrogens with one attached hydrogen (secondary N) is 2. The highest BCUT2D eigenvalue weighted by molar-refractivity contribution is 8.13. The second-order valence-electron chi connectivity index (χ2n) is 12.8. The zero-order chi connectivity index (χ0) is 32.5. The van der Waals surface area contributed by atoms with E-state index in [0.717, 1.165) is 50.4 Å². The number of carbonyl (C=O) groups is 3. The summed E-state index contributed by atoms with van der Waals surface area (Å²) in [5.74, 6) is 0.0522. The second kappa shape index (κ2) is 33.1. The van der Waals surface area contributed by atoms with Crippen molar-refractivity contribution in [1.82, 2.24) is 15.5 Å². The average Bonchev–Trinajstić information content (AvgIpc) is 3.00. The number of ether oxygens (including phenoxy) is 1. The van der Waals surface area contributed by atoms with Gasteiger partial charge in [-0.3, -0.25) is 14.4 Å². The number of unbranched alkanes of at least 4 members (excludes halogenated alkanes) is 21. The van der Waals surface area contributed by atoms with Gasteiger partial charge in [0.25, 0.3) is 5.24 Å². The minimum atomic E-state index is -0.868. The van der Waals surface area contributed by atoms with E-state index in [1.54, 1.807) is 0 Å². The van der Waals surface area contributed by atoms with Crippen molar-refractivity contribution in [3.63, 3.8) is 0 Å². The number of esters is 1. The average molecular weight is 642 g/mol. The van der Waals surface area contributed by atoms with Crippen LogP contribution in [0.5, 0.6) is 0 Å². The molecule has 0 aromatic carbocycles. The van der Waals surface area contributed by atoms with Crippen LogP contribution in [0.4, 0.5) is 4.79 Å². The van der Waals surface area contributed by atoms with Gasteiger partial charge in [0.1, 0.15) is 12.6 Å². The van der Waals surface area contributed by atoms with E-state index < -0.39 is 6.04 Å². The Morgan fingerprint density at radius 2 is 1.07 bits per heavy atom. The molecule has 8 heteroatoms. The third-order valence-electron chi connectivity index (χ3n) is 8.11. The van der Waals surface area contributed by atoms with Crippen molar-refractivity contribution < 1.29 is 19.1 Å². The van der Waals surface area contributed by atoms with E-state index in [4.69, 9.17) is 4.74 Å². The predicted octanol–water partition coefficient (Wildman–Crippen LogP) is 9.42. The molecule has 260 valence electrons. The zero-order valence-electron chi connectivity index (χ0n) is 29.4. The second-order valence-corrected chi connectivity index (χ2v) is 13.9. The number of hydrogen-bond acceptors (Lipinski definition) is 6. The summed E-state index contributed by atoms with van der Waals surface area (Å²) in [4.78, 5) is 39.8. The molecule has 0 saturated carbocycles. The lowest BCUT2D eigenvalue weighted by Gasteiger charge is -2.18. The molecule has 1 atom stereocenters. The lowest BCUT2D eigenvalue weighted by atomic mass is 10.1. The molecule has 0 aliphatic heterocycles. The molecule has 0 fully saturated rings. The van der Waals surface area contributed by atoms with E-state index in [0.29, 0.717) is 18.7 Å². The molecule has 0 unspecified atom stereocenters. The van der Waals surface area contributed by atoms with Crippen molar-refractivity contribution in [2.75, 3.05) is 39.5 Å². The van der Waals surface area contributed by atoms with E-state index >= 15 is 0 Å². The fraction of sp³-hybridized carbons (Fsp3) is 0.917. The van der Waals surface area contributed by atoms with Gasteiger partial charge in [0.05, 0.1) is 0 Å². The lowest BCUT2D eigenvalue weighted by molar-refractivity contribution is -0.145. The van der Waals surface area contributed by atoms with Gasteiger partial charge in [0, 0.05) is 25.3 Å². The van der Waals surface area contributed by atoms with Crippen LogP contribution in [0.25, 0.3) is 0 Å². The minimum Gasteiger partial charge on any atom is -0.463 e. The number of carbonyl (C=O) groups excluding carboxylic acids is 3. The number of amides is 2. The Kier molecular flexibility index (Phi) is 32.1. The van der Waals surface area contributed by atoms with Gasteiger partial charge >= 0.3 is 5.97 Å². The SMILES string of the molecule is CCCCCCCCCCCCCCNC(=O)[C@H](COC(=O)CCCCCCCCCCCCC)NC(=O)SCCN(C)C. The maximum Gasteiger partial charge on any atom is 0.305 e. The third-order valence-corrected chi connectivity index (χ3v) is 8.87. The first-order valence-electron chi connectivity index (χ1n) is 18.4. The Morgan fingerprint density at radius 3 is 1.52 bits per heavy atom. The third kappa shape index (κ3) is 30.7. The van der Waals surface area contributed by atoms with E-state index in [9.17, 15) is 14.4 Å². The molecule has 0 aliphatic rings. The summed E-state index contributed by atoms with van der Waals surface area (Å²) in [6, 6.07) is -0.868. The first kappa shape index (κ1) is 42.7. The molecule has 0 aliphatic carbocycles. The number of rotatable bonds is 32. The van der Waals surface area contributed by atoms with Crippen molar-refractivity contribution in [3.05, 3.63) is 0 Å². The van der Waals surface area contributed by atoms with Crippen molar-refractivity contribution in [2.24, 2.45) is 0 Å². The summed E-state index contributed by atoms with van der Waals surface area (Å²) in [5, 5.41) is 5.46. The molecule has 0 saturated heterocycles. The Balaban J connectivity index is 4.21. The van der Waals surface area contributed by atoms with Crippen molar-refractivity contribution in [1.29, 1.82) is 0 Å². The van der Waals surface area contributed by atoms with Crippen LogP contribution in [-0.4, -0.2) is 67.6 Å². The molecular formula is C36H71N3O4S.